The molecule has 1 aromatic carbocycles. The van der Waals surface area contributed by atoms with Gasteiger partial charge in [-0.2, -0.15) is 5.10 Å². The summed E-state index contributed by atoms with van der Waals surface area (Å²) in [5.41, 5.74) is 0.0335. The van der Waals surface area contributed by atoms with Crippen LogP contribution >= 0.6 is 23.2 Å². The summed E-state index contributed by atoms with van der Waals surface area (Å²) < 4.78 is 9.28. The Hall–Kier alpha value is -1.10. The highest BCUT2D eigenvalue weighted by Crippen LogP contribution is 2.53. The zero-order valence-corrected chi connectivity index (χ0v) is 12.3. The second kappa shape index (κ2) is 5.02. The Balaban J connectivity index is 1.94. The fourth-order valence-electron chi connectivity index (χ4n) is 2.45. The zero-order valence-electron chi connectivity index (χ0n) is 11.8. The molecule has 0 bridgehead atoms. The van der Waals surface area contributed by atoms with E-state index in [-0.39, 0.29) is 0 Å². The van der Waals surface area contributed by atoms with Crippen LogP contribution in [0.25, 0.3) is 0 Å². The molecule has 1 fully saturated rings. The normalized spacial score (nSPS) is 20.2. The lowest BCUT2D eigenvalue weighted by atomic mass is 9.89. The van der Waals surface area contributed by atoms with Crippen LogP contribution < -0.4 is 0 Å². The van der Waals surface area contributed by atoms with Gasteiger partial charge in [-0.3, -0.25) is 0 Å². The van der Waals surface area contributed by atoms with Gasteiger partial charge in [-0.25, -0.2) is 9.67 Å². The molecule has 20 heavy (non-hydrogen) atoms. The number of halogens is 2. The molecule has 1 saturated carbocycles. The van der Waals surface area contributed by atoms with Gasteiger partial charge in [0.15, 0.2) is 0 Å². The number of aromatic nitrogens is 3. The van der Waals surface area contributed by atoms with E-state index in [1.165, 1.54) is 6.33 Å². The Bertz CT molecular complexity index is 618. The van der Waals surface area contributed by atoms with Crippen LogP contribution in [0.15, 0.2) is 36.9 Å². The summed E-state index contributed by atoms with van der Waals surface area (Å²) in [7, 11) is 0. The van der Waals surface area contributed by atoms with Crippen molar-refractivity contribution in [3.63, 3.8) is 0 Å². The number of nitrogens with zero attached hydrogens (tertiary/aromatic N) is 3. The second-order valence-corrected chi connectivity index (χ2v) is 6.45. The van der Waals surface area contributed by atoms with E-state index in [1.807, 2.05) is 24.3 Å². The van der Waals surface area contributed by atoms with Gasteiger partial charge >= 0.3 is 0 Å². The molecule has 1 aliphatic carbocycles. The quantitative estimate of drug-likeness (QED) is 0.834. The van der Waals surface area contributed by atoms with Gasteiger partial charge in [0.05, 0.1) is 11.4 Å². The van der Waals surface area contributed by atoms with Crippen LogP contribution in [0.3, 0.4) is 0 Å². The van der Waals surface area contributed by atoms with E-state index in [2.05, 4.69) is 10.1 Å². The maximum absolute atomic E-state index is 7.64. The Morgan fingerprint density at radius 1 is 1.45 bits per heavy atom. The number of benzene rings is 1. The van der Waals surface area contributed by atoms with Crippen LogP contribution in [0.4, 0.5) is 0 Å². The first-order valence-electron chi connectivity index (χ1n) is 6.88. The summed E-state index contributed by atoms with van der Waals surface area (Å²) in [6.07, 6.45) is 5.14. The van der Waals surface area contributed by atoms with E-state index in [0.29, 0.717) is 18.0 Å². The number of aliphatic hydroxyl groups is 1. The third kappa shape index (κ3) is 2.55. The van der Waals surface area contributed by atoms with Crippen molar-refractivity contribution >= 4 is 23.2 Å². The summed E-state index contributed by atoms with van der Waals surface area (Å²) in [6, 6.07) is 7.55. The Morgan fingerprint density at radius 3 is 2.85 bits per heavy atom. The predicted molar refractivity (Wildman–Crippen MR) is 77.9 cm³/mol. The highest BCUT2D eigenvalue weighted by atomic mass is 35.5. The van der Waals surface area contributed by atoms with Gasteiger partial charge in [0, 0.05) is 11.4 Å². The lowest BCUT2D eigenvalue weighted by Crippen LogP contribution is -2.47. The summed E-state index contributed by atoms with van der Waals surface area (Å²) in [4.78, 5) is 3.38. The first-order chi connectivity index (χ1) is 10.1. The molecule has 0 amide bonds. The lowest BCUT2D eigenvalue weighted by molar-refractivity contribution is 0.00766. The van der Waals surface area contributed by atoms with E-state index >= 15 is 0 Å². The smallest absolute Gasteiger partial charge is 0.211 e. The Morgan fingerprint density at radius 2 is 2.25 bits per heavy atom. The first kappa shape index (κ1) is 12.6. The highest BCUT2D eigenvalue weighted by molar-refractivity contribution is 6.31. The SMILES string of the molecule is [2H]OC(Cc1ccccc1Cl)(Cn1cncn1)C1(Cl)CC1. The molecule has 1 N–H and O–H groups in total. The minimum Gasteiger partial charge on any atom is -0.386 e. The Labute approximate surface area is 128 Å². The van der Waals surface area contributed by atoms with Gasteiger partial charge in [0.25, 0.3) is 0 Å². The second-order valence-electron chi connectivity index (χ2n) is 5.32. The first-order valence-corrected chi connectivity index (χ1v) is 7.23. The van der Waals surface area contributed by atoms with E-state index in [9.17, 15) is 0 Å². The molecule has 1 atom stereocenters. The maximum atomic E-state index is 7.64. The van der Waals surface area contributed by atoms with Gasteiger partial charge < -0.3 is 5.11 Å². The van der Waals surface area contributed by atoms with Gasteiger partial charge in [-0.05, 0) is 24.5 Å². The molecule has 0 radical (unpaired) electrons. The molecule has 1 aliphatic rings. The fraction of sp³-hybridized carbons (Fsp3) is 0.429. The van der Waals surface area contributed by atoms with Crippen molar-refractivity contribution in [3.8, 4) is 0 Å². The van der Waals surface area contributed by atoms with Crippen LogP contribution in [-0.2, 0) is 13.0 Å². The predicted octanol–water partition coefficient (Wildman–Crippen LogP) is 2.68. The number of alkyl halides is 1. The molecule has 4 nitrogen and oxygen atoms in total. The molecule has 1 aromatic heterocycles. The van der Waals surface area contributed by atoms with Gasteiger partial charge in [-0.15, -0.1) is 11.6 Å². The van der Waals surface area contributed by atoms with Crippen LogP contribution in [0.1, 0.15) is 18.4 Å². The van der Waals surface area contributed by atoms with Crippen molar-refractivity contribution < 1.29 is 5.11 Å². The molecule has 106 valence electrons. The van der Waals surface area contributed by atoms with Crippen molar-refractivity contribution in [2.75, 3.05) is 0 Å². The summed E-state index contributed by atoms with van der Waals surface area (Å²) in [5, 5.41) is 9.92. The van der Waals surface area contributed by atoms with Crippen molar-refractivity contribution in [2.45, 2.75) is 36.3 Å². The summed E-state index contributed by atoms with van der Waals surface area (Å²) >= 11 is 12.9. The number of hydrogen-bond donors (Lipinski definition) is 1. The lowest BCUT2D eigenvalue weighted by Gasteiger charge is -2.33. The topological polar surface area (TPSA) is 50.9 Å². The fourth-order valence-corrected chi connectivity index (χ4v) is 2.87. The molecule has 3 rings (SSSR count). The van der Waals surface area contributed by atoms with Crippen LogP contribution in [0.5, 0.6) is 0 Å². The van der Waals surface area contributed by atoms with E-state index in [4.69, 9.17) is 29.7 Å². The zero-order chi connectivity index (χ0) is 14.9. The Kier molecular flexibility index (Phi) is 3.17. The number of hydrogen-bond acceptors (Lipinski definition) is 3. The highest BCUT2D eigenvalue weighted by Gasteiger charge is 2.58. The van der Waals surface area contributed by atoms with E-state index in [1.54, 1.807) is 11.0 Å². The summed E-state index contributed by atoms with van der Waals surface area (Å²) in [5.74, 6) is 0. The number of rotatable bonds is 6. The van der Waals surface area contributed by atoms with Crippen molar-refractivity contribution in [1.82, 2.24) is 14.8 Å². The largest absolute Gasteiger partial charge is 0.386 e. The molecule has 6 heteroatoms. The van der Waals surface area contributed by atoms with E-state index < -0.39 is 10.5 Å². The maximum Gasteiger partial charge on any atom is 0.211 e. The minimum absolute atomic E-state index is 0.366. The van der Waals surface area contributed by atoms with Crippen LogP contribution in [0, 0.1) is 0 Å². The van der Waals surface area contributed by atoms with Crippen molar-refractivity contribution in [2.24, 2.45) is 0 Å². The van der Waals surface area contributed by atoms with Gasteiger partial charge in [0.1, 0.15) is 18.3 Å². The third-order valence-corrected chi connectivity index (χ3v) is 4.91. The molecule has 0 saturated heterocycles. The molecule has 1 heterocycles. The monoisotopic (exact) mass is 312 g/mol. The van der Waals surface area contributed by atoms with Crippen LogP contribution in [-0.4, -0.2) is 31.8 Å². The van der Waals surface area contributed by atoms with Gasteiger partial charge in [-0.1, -0.05) is 29.8 Å². The molecule has 0 spiro atoms. The molecule has 2 aromatic rings. The van der Waals surface area contributed by atoms with Crippen molar-refractivity contribution in [3.05, 3.63) is 47.5 Å². The standard InChI is InChI=1S/C14H15Cl2N3O/c15-12-4-2-1-3-11(12)7-14(20,13(16)5-6-13)8-19-10-17-9-18-19/h1-4,9-10,20H,5-8H2/i20D. The van der Waals surface area contributed by atoms with Gasteiger partial charge in [0.2, 0.25) is 1.43 Å². The van der Waals surface area contributed by atoms with Crippen LogP contribution in [0.2, 0.25) is 5.02 Å². The summed E-state index contributed by atoms with van der Waals surface area (Å²) in [6.45, 7) is 0.366. The average molecular weight is 313 g/mol. The van der Waals surface area contributed by atoms with E-state index in [0.717, 1.165) is 18.4 Å². The molecule has 1 unspecified atom stereocenters. The average Bonchev–Trinajstić information content (AvgIpc) is 3.04. The minimum atomic E-state index is -0.882. The molecule has 0 aliphatic heterocycles. The van der Waals surface area contributed by atoms with Crippen molar-refractivity contribution in [1.29, 1.82) is 1.43 Å². The third-order valence-electron chi connectivity index (χ3n) is 3.82. The molecular weight excluding hydrogens is 297 g/mol. The molecular formula is C14H15Cl2N3O.